The summed E-state index contributed by atoms with van der Waals surface area (Å²) in [7, 11) is -4.00. The summed E-state index contributed by atoms with van der Waals surface area (Å²) in [6.45, 7) is 3.32. The fourth-order valence-corrected chi connectivity index (χ4v) is 4.37. The third kappa shape index (κ3) is 6.17. The normalized spacial score (nSPS) is 11.3. The van der Waals surface area contributed by atoms with E-state index in [1.165, 1.54) is 42.0 Å². The summed E-state index contributed by atoms with van der Waals surface area (Å²) in [6.07, 6.45) is 2.37. The first kappa shape index (κ1) is 24.4. The summed E-state index contributed by atoms with van der Waals surface area (Å²) in [4.78, 5) is -0.0741. The van der Waals surface area contributed by atoms with Crippen molar-refractivity contribution < 1.29 is 13.0 Å². The third-order valence-corrected chi connectivity index (χ3v) is 6.35. The number of para-hydroxylation sites is 3. The average molecular weight is 461 g/mol. The lowest BCUT2D eigenvalue weighted by Gasteiger charge is -2.37. The highest BCUT2D eigenvalue weighted by Crippen LogP contribution is 2.43. The van der Waals surface area contributed by atoms with Gasteiger partial charge in [0, 0.05) is 0 Å². The molecule has 5 heteroatoms. The Morgan fingerprint density at radius 2 is 0.939 bits per heavy atom. The zero-order valence-electron chi connectivity index (χ0n) is 18.8. The zero-order chi connectivity index (χ0) is 23.6. The van der Waals surface area contributed by atoms with Crippen molar-refractivity contribution in [3.63, 3.8) is 0 Å². The number of nitrogens with zero attached hydrogens (tertiary/aromatic N) is 1. The van der Waals surface area contributed by atoms with Crippen molar-refractivity contribution in [3.05, 3.63) is 121 Å². The molecule has 0 spiro atoms. The number of hydrogen-bond donors (Lipinski definition) is 1. The van der Waals surface area contributed by atoms with Gasteiger partial charge in [-0.15, -0.1) is 0 Å². The average Bonchev–Trinajstić information content (AvgIpc) is 2.87. The van der Waals surface area contributed by atoms with Gasteiger partial charge >= 0.3 is 0 Å². The van der Waals surface area contributed by atoms with Gasteiger partial charge in [-0.3, -0.25) is 4.55 Å². The summed E-state index contributed by atoms with van der Waals surface area (Å²) in [5.41, 5.74) is 3.95. The van der Waals surface area contributed by atoms with Crippen LogP contribution in [0, 0.1) is 0 Å². The van der Waals surface area contributed by atoms with E-state index in [1.807, 2.05) is 0 Å². The van der Waals surface area contributed by atoms with E-state index in [4.69, 9.17) is 4.55 Å². The highest BCUT2D eigenvalue weighted by molar-refractivity contribution is 7.85. The summed E-state index contributed by atoms with van der Waals surface area (Å²) >= 11 is 0. The van der Waals surface area contributed by atoms with E-state index in [1.54, 1.807) is 18.2 Å². The topological polar surface area (TPSA) is 54.4 Å². The Morgan fingerprint density at radius 1 is 0.606 bits per heavy atom. The number of unbranched alkanes of at least 4 members (excludes halogenated alkanes) is 1. The van der Waals surface area contributed by atoms with Gasteiger partial charge in [0.15, 0.2) is 0 Å². The fourth-order valence-electron chi connectivity index (χ4n) is 3.87. The maximum absolute atomic E-state index is 10.4. The molecule has 0 saturated carbocycles. The van der Waals surface area contributed by atoms with E-state index < -0.39 is 10.1 Å². The highest BCUT2D eigenvalue weighted by atomic mass is 32.2. The molecule has 0 fully saturated rings. The second kappa shape index (κ2) is 11.6. The number of quaternary nitrogens is 1. The quantitative estimate of drug-likeness (QED) is 0.231. The summed E-state index contributed by atoms with van der Waals surface area (Å²) in [5.74, 6) is 0. The van der Waals surface area contributed by atoms with Crippen molar-refractivity contribution in [2.24, 2.45) is 0 Å². The van der Waals surface area contributed by atoms with Gasteiger partial charge in [0.2, 0.25) is 0 Å². The van der Waals surface area contributed by atoms with Gasteiger partial charge in [-0.05, 0) is 55.0 Å². The predicted molar refractivity (Wildman–Crippen MR) is 136 cm³/mol. The zero-order valence-corrected chi connectivity index (χ0v) is 19.6. The van der Waals surface area contributed by atoms with Crippen LogP contribution in [-0.4, -0.2) is 19.5 Å². The van der Waals surface area contributed by atoms with Gasteiger partial charge in [-0.1, -0.05) is 86.1 Å². The molecule has 0 atom stereocenters. The van der Waals surface area contributed by atoms with Crippen LogP contribution in [0.3, 0.4) is 0 Å². The van der Waals surface area contributed by atoms with Gasteiger partial charge in [-0.25, -0.2) is 4.48 Å². The molecule has 0 aliphatic carbocycles. The standard InChI is InChI=1S/C22H24N.C6H6O3S/c1-2-3-19-23(20-13-7-4-8-14-20,21-15-9-5-10-16-21)22-17-11-6-12-18-22;7-10(8,9)6-4-2-1-3-5-6/h4-18H,2-3,19H2,1H3;1-5H,(H,7,8,9)/q+1;. The Morgan fingerprint density at radius 3 is 1.21 bits per heavy atom. The molecule has 4 nitrogen and oxygen atoms in total. The molecular weight excluding hydrogens is 430 g/mol. The monoisotopic (exact) mass is 460 g/mol. The number of benzene rings is 4. The Labute approximate surface area is 197 Å². The Hall–Kier alpha value is -3.25. The van der Waals surface area contributed by atoms with E-state index in [2.05, 4.69) is 97.9 Å². The van der Waals surface area contributed by atoms with E-state index in [9.17, 15) is 8.42 Å². The van der Waals surface area contributed by atoms with Crippen molar-refractivity contribution in [1.82, 2.24) is 4.48 Å². The van der Waals surface area contributed by atoms with Gasteiger partial charge in [0.25, 0.3) is 10.1 Å². The molecule has 0 aliphatic rings. The largest absolute Gasteiger partial charge is 0.294 e. The molecule has 4 aromatic carbocycles. The SMILES string of the molecule is CCCC[N+](c1ccccc1)(c1ccccc1)c1ccccc1.O=S(=O)(O)c1ccccc1. The first-order valence-electron chi connectivity index (χ1n) is 11.1. The minimum absolute atomic E-state index is 0.0741. The summed E-state index contributed by atoms with van der Waals surface area (Å²) < 4.78 is 30.0. The molecule has 0 heterocycles. The third-order valence-electron chi connectivity index (χ3n) is 5.48. The Kier molecular flexibility index (Phi) is 8.55. The molecule has 0 aliphatic heterocycles. The van der Waals surface area contributed by atoms with Crippen LogP contribution < -0.4 is 4.48 Å². The van der Waals surface area contributed by atoms with Crippen LogP contribution in [0.4, 0.5) is 17.1 Å². The smallest absolute Gasteiger partial charge is 0.282 e. The molecular formula is C28H30NO3S+. The van der Waals surface area contributed by atoms with Crippen LogP contribution in [0.5, 0.6) is 0 Å². The Balaban J connectivity index is 0.000000257. The molecule has 4 rings (SSSR count). The molecule has 4 aromatic rings. The molecule has 0 unspecified atom stereocenters. The second-order valence-electron chi connectivity index (χ2n) is 7.68. The summed E-state index contributed by atoms with van der Waals surface area (Å²) in [5, 5.41) is 0. The molecule has 1 N–H and O–H groups in total. The van der Waals surface area contributed by atoms with Gasteiger partial charge in [0.1, 0.15) is 17.1 Å². The fraction of sp³-hybridized carbons (Fsp3) is 0.143. The van der Waals surface area contributed by atoms with Crippen molar-refractivity contribution in [2.45, 2.75) is 24.7 Å². The van der Waals surface area contributed by atoms with Crippen LogP contribution in [0.1, 0.15) is 19.8 Å². The minimum atomic E-state index is -4.00. The minimum Gasteiger partial charge on any atom is -0.282 e. The van der Waals surface area contributed by atoms with Crippen LogP contribution >= 0.6 is 0 Å². The van der Waals surface area contributed by atoms with Crippen LogP contribution in [-0.2, 0) is 10.1 Å². The van der Waals surface area contributed by atoms with Crippen molar-refractivity contribution in [2.75, 3.05) is 6.54 Å². The van der Waals surface area contributed by atoms with Gasteiger partial charge < -0.3 is 0 Å². The lowest BCUT2D eigenvalue weighted by atomic mass is 10.1. The lowest BCUT2D eigenvalue weighted by Crippen LogP contribution is -2.39. The maximum atomic E-state index is 10.4. The maximum Gasteiger partial charge on any atom is 0.294 e. The second-order valence-corrected chi connectivity index (χ2v) is 9.10. The van der Waals surface area contributed by atoms with E-state index >= 15 is 0 Å². The first-order valence-corrected chi connectivity index (χ1v) is 12.5. The van der Waals surface area contributed by atoms with Crippen LogP contribution in [0.25, 0.3) is 0 Å². The molecule has 170 valence electrons. The van der Waals surface area contributed by atoms with Crippen molar-refractivity contribution >= 4 is 27.2 Å². The molecule has 0 radical (unpaired) electrons. The van der Waals surface area contributed by atoms with Gasteiger partial charge in [0.05, 0.1) is 11.4 Å². The Bertz CT molecular complexity index is 1100. The molecule has 0 saturated heterocycles. The highest BCUT2D eigenvalue weighted by Gasteiger charge is 2.35. The number of hydrogen-bond acceptors (Lipinski definition) is 2. The first-order chi connectivity index (χ1) is 16.0. The van der Waals surface area contributed by atoms with Gasteiger partial charge in [-0.2, -0.15) is 8.42 Å². The van der Waals surface area contributed by atoms with E-state index in [0.717, 1.165) is 11.0 Å². The number of rotatable bonds is 7. The van der Waals surface area contributed by atoms with Crippen molar-refractivity contribution in [3.8, 4) is 0 Å². The van der Waals surface area contributed by atoms with Crippen LogP contribution in [0.15, 0.2) is 126 Å². The lowest BCUT2D eigenvalue weighted by molar-refractivity contribution is 0.483. The molecule has 0 amide bonds. The van der Waals surface area contributed by atoms with E-state index in [-0.39, 0.29) is 4.90 Å². The summed E-state index contributed by atoms with van der Waals surface area (Å²) in [6, 6.07) is 40.0. The van der Waals surface area contributed by atoms with Crippen molar-refractivity contribution in [1.29, 1.82) is 0 Å². The molecule has 33 heavy (non-hydrogen) atoms. The van der Waals surface area contributed by atoms with E-state index in [0.29, 0.717) is 0 Å². The van der Waals surface area contributed by atoms with Crippen LogP contribution in [0.2, 0.25) is 0 Å². The molecule has 0 aromatic heterocycles. The predicted octanol–water partition coefficient (Wildman–Crippen LogP) is 7.39. The molecule has 0 bridgehead atoms.